The highest BCUT2D eigenvalue weighted by Gasteiger charge is 2.24. The Bertz CT molecular complexity index is 576. The Kier molecular flexibility index (Phi) is 3.90. The molecule has 2 aromatic rings. The molecule has 0 spiro atoms. The minimum absolute atomic E-state index is 0.489. The standard InChI is InChI=1S/C16H23N5/c1-16(2)9-4-7-13(8-10-16)17-14-6-3-5-12(11-14)15-18-20-21-19-15/h3,5-6,11,13,17H,4,7-10H2,1-2H3,(H,18,19,20,21). The van der Waals surface area contributed by atoms with E-state index in [-0.39, 0.29) is 0 Å². The van der Waals surface area contributed by atoms with Gasteiger partial charge in [0, 0.05) is 17.3 Å². The number of nitrogens with zero attached hydrogens (tertiary/aromatic N) is 3. The molecule has 0 bridgehead atoms. The molecule has 1 aromatic carbocycles. The first kappa shape index (κ1) is 14.0. The summed E-state index contributed by atoms with van der Waals surface area (Å²) in [6.45, 7) is 4.76. The number of aromatic amines is 1. The lowest BCUT2D eigenvalue weighted by atomic mass is 9.85. The smallest absolute Gasteiger partial charge is 0.204 e. The first-order chi connectivity index (χ1) is 10.1. The van der Waals surface area contributed by atoms with Crippen LogP contribution in [-0.4, -0.2) is 26.7 Å². The van der Waals surface area contributed by atoms with Crippen molar-refractivity contribution in [2.24, 2.45) is 5.41 Å². The van der Waals surface area contributed by atoms with Crippen LogP contribution in [0.4, 0.5) is 5.69 Å². The van der Waals surface area contributed by atoms with Gasteiger partial charge in [-0.3, -0.25) is 0 Å². The van der Waals surface area contributed by atoms with Gasteiger partial charge in [-0.05, 0) is 48.4 Å². The molecule has 1 heterocycles. The maximum atomic E-state index is 4.03. The van der Waals surface area contributed by atoms with Crippen molar-refractivity contribution in [3.8, 4) is 11.4 Å². The predicted octanol–water partition coefficient (Wildman–Crippen LogP) is 3.64. The fourth-order valence-corrected chi connectivity index (χ4v) is 3.07. The molecule has 1 saturated carbocycles. The third-order valence-electron chi connectivity index (χ3n) is 4.41. The van der Waals surface area contributed by atoms with Gasteiger partial charge in [0.05, 0.1) is 0 Å². The van der Waals surface area contributed by atoms with Crippen LogP contribution < -0.4 is 5.32 Å². The number of rotatable bonds is 3. The first-order valence-corrected chi connectivity index (χ1v) is 7.73. The molecule has 2 N–H and O–H groups in total. The van der Waals surface area contributed by atoms with Gasteiger partial charge in [-0.2, -0.15) is 5.21 Å². The number of hydrogen-bond acceptors (Lipinski definition) is 4. The maximum Gasteiger partial charge on any atom is 0.204 e. The molecule has 1 unspecified atom stereocenters. The van der Waals surface area contributed by atoms with E-state index in [1.165, 1.54) is 32.1 Å². The van der Waals surface area contributed by atoms with Crippen LogP contribution in [0.5, 0.6) is 0 Å². The van der Waals surface area contributed by atoms with Crippen LogP contribution in [-0.2, 0) is 0 Å². The van der Waals surface area contributed by atoms with Crippen LogP contribution in [0.25, 0.3) is 11.4 Å². The minimum atomic E-state index is 0.489. The Labute approximate surface area is 125 Å². The summed E-state index contributed by atoms with van der Waals surface area (Å²) in [7, 11) is 0. The van der Waals surface area contributed by atoms with Gasteiger partial charge in [-0.15, -0.1) is 10.2 Å². The van der Waals surface area contributed by atoms with Gasteiger partial charge in [0.1, 0.15) is 0 Å². The van der Waals surface area contributed by atoms with Crippen molar-refractivity contribution >= 4 is 5.69 Å². The molecular formula is C16H23N5. The summed E-state index contributed by atoms with van der Waals surface area (Å²) in [6.07, 6.45) is 6.40. The van der Waals surface area contributed by atoms with Crippen LogP contribution in [0.3, 0.4) is 0 Å². The van der Waals surface area contributed by atoms with Crippen molar-refractivity contribution in [2.75, 3.05) is 5.32 Å². The highest BCUT2D eigenvalue weighted by molar-refractivity contribution is 5.61. The molecule has 112 valence electrons. The fourth-order valence-electron chi connectivity index (χ4n) is 3.07. The Morgan fingerprint density at radius 1 is 1.24 bits per heavy atom. The molecule has 0 radical (unpaired) electrons. The number of H-pyrrole nitrogens is 1. The molecule has 1 atom stereocenters. The van der Waals surface area contributed by atoms with Crippen LogP contribution in [0, 0.1) is 5.41 Å². The zero-order valence-electron chi connectivity index (χ0n) is 12.8. The molecule has 1 fully saturated rings. The van der Waals surface area contributed by atoms with Crippen LogP contribution in [0.1, 0.15) is 46.0 Å². The monoisotopic (exact) mass is 285 g/mol. The molecule has 5 nitrogen and oxygen atoms in total. The Hall–Kier alpha value is -1.91. The number of nitrogens with one attached hydrogen (secondary N) is 2. The van der Waals surface area contributed by atoms with E-state index < -0.39 is 0 Å². The third-order valence-corrected chi connectivity index (χ3v) is 4.41. The molecule has 0 aliphatic heterocycles. The summed E-state index contributed by atoms with van der Waals surface area (Å²) >= 11 is 0. The van der Waals surface area contributed by atoms with Crippen molar-refractivity contribution in [3.05, 3.63) is 24.3 Å². The number of anilines is 1. The van der Waals surface area contributed by atoms with Crippen molar-refractivity contribution < 1.29 is 0 Å². The van der Waals surface area contributed by atoms with Crippen LogP contribution in [0.2, 0.25) is 0 Å². The largest absolute Gasteiger partial charge is 0.382 e. The maximum absolute atomic E-state index is 4.03. The second kappa shape index (κ2) is 5.84. The average molecular weight is 285 g/mol. The van der Waals surface area contributed by atoms with Gasteiger partial charge in [0.2, 0.25) is 5.82 Å². The Morgan fingerprint density at radius 3 is 2.95 bits per heavy atom. The molecule has 1 aliphatic carbocycles. The highest BCUT2D eigenvalue weighted by Crippen LogP contribution is 2.34. The number of tetrazole rings is 1. The second-order valence-corrected chi connectivity index (χ2v) is 6.75. The number of hydrogen-bond donors (Lipinski definition) is 2. The van der Waals surface area contributed by atoms with E-state index in [0.717, 1.165) is 11.3 Å². The molecule has 5 heteroatoms. The fraction of sp³-hybridized carbons (Fsp3) is 0.562. The van der Waals surface area contributed by atoms with Gasteiger partial charge < -0.3 is 5.32 Å². The molecule has 1 aliphatic rings. The Balaban J connectivity index is 1.69. The van der Waals surface area contributed by atoms with Gasteiger partial charge >= 0.3 is 0 Å². The predicted molar refractivity (Wildman–Crippen MR) is 83.9 cm³/mol. The topological polar surface area (TPSA) is 66.5 Å². The Morgan fingerprint density at radius 2 is 2.14 bits per heavy atom. The van der Waals surface area contributed by atoms with Crippen LogP contribution in [0.15, 0.2) is 24.3 Å². The summed E-state index contributed by atoms with van der Waals surface area (Å²) < 4.78 is 0. The quantitative estimate of drug-likeness (QED) is 0.845. The van der Waals surface area contributed by atoms with Crippen molar-refractivity contribution in [1.29, 1.82) is 0 Å². The zero-order valence-corrected chi connectivity index (χ0v) is 12.8. The zero-order chi connectivity index (χ0) is 14.7. The first-order valence-electron chi connectivity index (χ1n) is 7.73. The highest BCUT2D eigenvalue weighted by atomic mass is 15.5. The summed E-state index contributed by atoms with van der Waals surface area (Å²) in [4.78, 5) is 0. The summed E-state index contributed by atoms with van der Waals surface area (Å²) in [5.41, 5.74) is 2.62. The van der Waals surface area contributed by atoms with E-state index in [2.05, 4.69) is 51.9 Å². The summed E-state index contributed by atoms with van der Waals surface area (Å²) in [6, 6.07) is 8.81. The van der Waals surface area contributed by atoms with Gasteiger partial charge in [-0.1, -0.05) is 32.4 Å². The van der Waals surface area contributed by atoms with E-state index in [1.54, 1.807) is 0 Å². The summed E-state index contributed by atoms with van der Waals surface area (Å²) in [5, 5.41) is 17.9. The lowest BCUT2D eigenvalue weighted by molar-refractivity contribution is 0.313. The van der Waals surface area contributed by atoms with Crippen molar-refractivity contribution in [3.63, 3.8) is 0 Å². The lowest BCUT2D eigenvalue weighted by Crippen LogP contribution is -2.19. The SMILES string of the molecule is CC1(C)CCCC(Nc2cccc(-c3nn[nH]n3)c2)CC1. The van der Waals surface area contributed by atoms with E-state index >= 15 is 0 Å². The molecule has 21 heavy (non-hydrogen) atoms. The van der Waals surface area contributed by atoms with Gasteiger partial charge in [0.25, 0.3) is 0 Å². The van der Waals surface area contributed by atoms with Gasteiger partial charge in [-0.25, -0.2) is 0 Å². The van der Waals surface area contributed by atoms with Crippen molar-refractivity contribution in [2.45, 2.75) is 52.0 Å². The normalized spacial score (nSPS) is 21.7. The second-order valence-electron chi connectivity index (χ2n) is 6.75. The number of benzene rings is 1. The third kappa shape index (κ3) is 3.60. The van der Waals surface area contributed by atoms with E-state index in [0.29, 0.717) is 17.3 Å². The molecule has 0 amide bonds. The number of aromatic nitrogens is 4. The van der Waals surface area contributed by atoms with E-state index in [1.807, 2.05) is 12.1 Å². The minimum Gasteiger partial charge on any atom is -0.382 e. The molecule has 0 saturated heterocycles. The van der Waals surface area contributed by atoms with Gasteiger partial charge in [0.15, 0.2) is 0 Å². The van der Waals surface area contributed by atoms with E-state index in [4.69, 9.17) is 0 Å². The molecule has 1 aromatic heterocycles. The summed E-state index contributed by atoms with van der Waals surface area (Å²) in [5.74, 6) is 0.639. The lowest BCUT2D eigenvalue weighted by Gasteiger charge is -2.22. The average Bonchev–Trinajstić information content (AvgIpc) is 2.93. The van der Waals surface area contributed by atoms with E-state index in [9.17, 15) is 0 Å². The molecule has 3 rings (SSSR count). The van der Waals surface area contributed by atoms with Crippen LogP contribution >= 0.6 is 0 Å². The molecular weight excluding hydrogens is 262 g/mol. The van der Waals surface area contributed by atoms with Crippen molar-refractivity contribution in [1.82, 2.24) is 20.6 Å².